The topological polar surface area (TPSA) is 153 Å². The quantitative estimate of drug-likeness (QED) is 0.244. The molecule has 0 saturated carbocycles. The number of aliphatic hydroxyl groups is 3. The molecule has 0 aliphatic carbocycles. The number of ether oxygens (including phenoxy) is 6. The Morgan fingerprint density at radius 2 is 1.69 bits per heavy atom. The normalized spacial score (nSPS) is 48.8. The number of carbonyl (C=O) groups is 1. The number of methoxy groups -OCH3 is 1. The molecule has 1 spiro atoms. The summed E-state index contributed by atoms with van der Waals surface area (Å²) >= 11 is 0. The van der Waals surface area contributed by atoms with Crippen LogP contribution in [0.4, 0.5) is 0 Å². The fourth-order valence-electron chi connectivity index (χ4n) is 9.91. The van der Waals surface area contributed by atoms with E-state index in [2.05, 4.69) is 27.7 Å². The van der Waals surface area contributed by atoms with Crippen molar-refractivity contribution in [3.05, 3.63) is 0 Å². The van der Waals surface area contributed by atoms with E-state index in [1.807, 2.05) is 20.8 Å². The summed E-state index contributed by atoms with van der Waals surface area (Å²) < 4.78 is 39.4. The zero-order valence-electron chi connectivity index (χ0n) is 30.5. The zero-order valence-corrected chi connectivity index (χ0v) is 31.5. The maximum atomic E-state index is 11.8. The average Bonchev–Trinajstić information content (AvgIpc) is 3.73. The third kappa shape index (κ3) is 8.13. The molecular formula is C36H65NaO11S. The first-order valence-corrected chi connectivity index (χ1v) is 18.1. The molecular weight excluding hydrogens is 663 g/mol. The van der Waals surface area contributed by atoms with E-state index >= 15 is 0 Å². The molecule has 5 heterocycles. The standard InChI is InChI=1S/C36H62O11.Na.H2S.H/c1-10-34(31-20(3)16-26(43-31)28-19(2)15-21(4)36(41,18-37)46-28)12-11-27(44-34)33(8)13-14-35(47-33)17-25(38)22(5)30(45-35)23(6)29(42-9)24(7)32(39)40;;;/h19-31,37-38,41H,10-18H2,1-9H3,(H,39,40);;1H2;/t19-,20-,21+,22+,23-,24?,25-,26+,27+,28-,29+,30-,31+,33-,34-,35+,36-;;;/m0.../s1. The van der Waals surface area contributed by atoms with Gasteiger partial charge >= 0.3 is 35.5 Å². The molecule has 0 bridgehead atoms. The molecule has 17 atom stereocenters. The van der Waals surface area contributed by atoms with Gasteiger partial charge in [0.05, 0.1) is 66.5 Å². The van der Waals surface area contributed by atoms with Gasteiger partial charge in [-0.1, -0.05) is 41.5 Å². The molecule has 0 radical (unpaired) electrons. The Morgan fingerprint density at radius 1 is 1.02 bits per heavy atom. The zero-order chi connectivity index (χ0) is 34.7. The Balaban J connectivity index is 0.00000325. The molecule has 13 heteroatoms. The van der Waals surface area contributed by atoms with Gasteiger partial charge in [-0.15, -0.1) is 0 Å². The van der Waals surface area contributed by atoms with Gasteiger partial charge in [-0.3, -0.25) is 4.79 Å². The molecule has 5 aliphatic heterocycles. The average molecular weight is 729 g/mol. The molecule has 0 aromatic carbocycles. The number of carboxylic acids is 1. The molecule has 1 unspecified atom stereocenters. The van der Waals surface area contributed by atoms with Crippen molar-refractivity contribution in [1.29, 1.82) is 0 Å². The van der Waals surface area contributed by atoms with Crippen LogP contribution in [0.3, 0.4) is 0 Å². The minimum absolute atomic E-state index is 0. The van der Waals surface area contributed by atoms with Crippen molar-refractivity contribution in [2.24, 2.45) is 35.5 Å². The van der Waals surface area contributed by atoms with Crippen LogP contribution in [-0.4, -0.2) is 135 Å². The Morgan fingerprint density at radius 3 is 2.29 bits per heavy atom. The molecule has 0 amide bonds. The summed E-state index contributed by atoms with van der Waals surface area (Å²) in [4.78, 5) is 11.8. The van der Waals surface area contributed by atoms with E-state index in [4.69, 9.17) is 28.4 Å². The van der Waals surface area contributed by atoms with Crippen LogP contribution in [0.15, 0.2) is 0 Å². The molecule has 5 saturated heterocycles. The Hall–Kier alpha value is 0.460. The number of rotatable bonds is 10. The van der Waals surface area contributed by atoms with Crippen LogP contribution in [0.1, 0.15) is 107 Å². The van der Waals surface area contributed by atoms with Crippen molar-refractivity contribution in [1.82, 2.24) is 0 Å². The molecule has 0 aromatic rings. The van der Waals surface area contributed by atoms with Crippen LogP contribution in [0, 0.1) is 35.5 Å². The van der Waals surface area contributed by atoms with Crippen LogP contribution in [0.25, 0.3) is 0 Å². The fourth-order valence-corrected chi connectivity index (χ4v) is 9.91. The summed E-state index contributed by atoms with van der Waals surface area (Å²) in [6.07, 6.45) is 2.99. The minimum atomic E-state index is -1.56. The van der Waals surface area contributed by atoms with Crippen molar-refractivity contribution in [3.63, 3.8) is 0 Å². The van der Waals surface area contributed by atoms with Crippen molar-refractivity contribution < 1.29 is 53.6 Å². The summed E-state index contributed by atoms with van der Waals surface area (Å²) in [5, 5.41) is 41.8. The van der Waals surface area contributed by atoms with Gasteiger partial charge in [0, 0.05) is 37.7 Å². The van der Waals surface area contributed by atoms with Gasteiger partial charge in [0.2, 0.25) is 0 Å². The number of hydrogen-bond donors (Lipinski definition) is 4. The Kier molecular flexibility index (Phi) is 14.7. The van der Waals surface area contributed by atoms with Crippen molar-refractivity contribution >= 4 is 49.0 Å². The summed E-state index contributed by atoms with van der Waals surface area (Å²) in [7, 11) is 1.52. The van der Waals surface area contributed by atoms with Crippen molar-refractivity contribution in [2.45, 2.75) is 172 Å². The van der Waals surface area contributed by atoms with E-state index < -0.39 is 59.6 Å². The Bertz CT molecular complexity index is 1120. The van der Waals surface area contributed by atoms with Gasteiger partial charge in [0.25, 0.3) is 0 Å². The first kappa shape index (κ1) is 43.9. The van der Waals surface area contributed by atoms with Gasteiger partial charge in [-0.25, -0.2) is 0 Å². The molecule has 5 aliphatic rings. The molecule has 282 valence electrons. The number of aliphatic hydroxyl groups excluding tert-OH is 2. The molecule has 49 heavy (non-hydrogen) atoms. The molecule has 5 fully saturated rings. The van der Waals surface area contributed by atoms with Crippen molar-refractivity contribution in [3.8, 4) is 0 Å². The predicted molar refractivity (Wildman–Crippen MR) is 190 cm³/mol. The Labute approximate surface area is 322 Å². The van der Waals surface area contributed by atoms with E-state index in [1.165, 1.54) is 7.11 Å². The second kappa shape index (κ2) is 16.4. The van der Waals surface area contributed by atoms with Gasteiger partial charge in [-0.05, 0) is 64.2 Å². The van der Waals surface area contributed by atoms with Gasteiger partial charge in [-0.2, -0.15) is 13.5 Å². The molecule has 11 nitrogen and oxygen atoms in total. The fraction of sp³-hybridized carbons (Fsp3) is 0.972. The van der Waals surface area contributed by atoms with Crippen LogP contribution < -0.4 is 0 Å². The van der Waals surface area contributed by atoms with E-state index in [1.54, 1.807) is 6.92 Å². The number of hydrogen-bond acceptors (Lipinski definition) is 10. The van der Waals surface area contributed by atoms with Gasteiger partial charge in [0.1, 0.15) is 0 Å². The number of aliphatic carboxylic acids is 1. The summed E-state index contributed by atoms with van der Waals surface area (Å²) in [5.74, 6) is -4.52. The van der Waals surface area contributed by atoms with Gasteiger partial charge in [0.15, 0.2) is 11.6 Å². The molecule has 4 N–H and O–H groups in total. The van der Waals surface area contributed by atoms with Crippen LogP contribution in [0.5, 0.6) is 0 Å². The molecule has 5 rings (SSSR count). The second-order valence-electron chi connectivity index (χ2n) is 16.3. The van der Waals surface area contributed by atoms with Crippen molar-refractivity contribution in [2.75, 3.05) is 13.7 Å². The SMILES string of the molecule is CC[C@@]1([C@@H]2O[C@@H]([C@H]3O[C@@](O)(CO)[C@H](C)C[C@@H]3C)C[C@@H]2C)CC[C@H]([C@]2(C)CC[C@]3(C[C@H](O)[C@@H](C)[C@@H]([C@@H](C)[C@@H](OC)C(C)C(=O)O)O3)O2)O1.S.[NaH]. The number of carboxylic acid groups (broad SMARTS) is 1. The first-order valence-electron chi connectivity index (χ1n) is 18.1. The predicted octanol–water partition coefficient (Wildman–Crippen LogP) is 3.74. The first-order chi connectivity index (χ1) is 22.0. The van der Waals surface area contributed by atoms with Crippen LogP contribution in [-0.2, 0) is 33.2 Å². The summed E-state index contributed by atoms with van der Waals surface area (Å²) in [5.41, 5.74) is -1.15. The van der Waals surface area contributed by atoms with E-state index in [0.717, 1.165) is 32.1 Å². The maximum absolute atomic E-state index is 11.8. The third-order valence-corrected chi connectivity index (χ3v) is 13.0. The summed E-state index contributed by atoms with van der Waals surface area (Å²) in [6.45, 7) is 15.6. The van der Waals surface area contributed by atoms with E-state index in [-0.39, 0.29) is 97.1 Å². The van der Waals surface area contributed by atoms with E-state index in [0.29, 0.717) is 19.3 Å². The van der Waals surface area contributed by atoms with Crippen LogP contribution in [0.2, 0.25) is 0 Å². The van der Waals surface area contributed by atoms with Gasteiger partial charge < -0.3 is 48.8 Å². The van der Waals surface area contributed by atoms with E-state index in [9.17, 15) is 25.2 Å². The second-order valence-corrected chi connectivity index (χ2v) is 16.3. The third-order valence-electron chi connectivity index (χ3n) is 13.0. The van der Waals surface area contributed by atoms with Crippen LogP contribution >= 0.6 is 13.5 Å². The summed E-state index contributed by atoms with van der Waals surface area (Å²) in [6, 6.07) is 0. The molecule has 0 aromatic heterocycles. The monoisotopic (exact) mass is 728 g/mol.